The van der Waals surface area contributed by atoms with Crippen molar-refractivity contribution >= 4 is 5.95 Å². The summed E-state index contributed by atoms with van der Waals surface area (Å²) in [5.74, 6) is 0.848. The van der Waals surface area contributed by atoms with Crippen LogP contribution in [0.2, 0.25) is 0 Å². The van der Waals surface area contributed by atoms with Gasteiger partial charge in [0.1, 0.15) is 0 Å². The van der Waals surface area contributed by atoms with Crippen molar-refractivity contribution in [1.29, 1.82) is 0 Å². The Labute approximate surface area is 90.5 Å². The average Bonchev–Trinajstić information content (AvgIpc) is 2.63. The van der Waals surface area contributed by atoms with Crippen LogP contribution in [0.4, 0.5) is 5.95 Å². The zero-order valence-corrected chi connectivity index (χ0v) is 9.40. The number of aromatic nitrogens is 2. The lowest BCUT2D eigenvalue weighted by molar-refractivity contribution is 0.662. The summed E-state index contributed by atoms with van der Waals surface area (Å²) in [5.41, 5.74) is 7.80. The van der Waals surface area contributed by atoms with E-state index in [0.717, 1.165) is 30.3 Å². The van der Waals surface area contributed by atoms with Crippen molar-refractivity contribution in [3.8, 4) is 0 Å². The van der Waals surface area contributed by atoms with Crippen molar-refractivity contribution in [2.45, 2.75) is 32.7 Å². The van der Waals surface area contributed by atoms with Crippen molar-refractivity contribution in [1.82, 2.24) is 9.97 Å². The number of nitrogens with two attached hydrogens (primary N) is 1. The predicted octanol–water partition coefficient (Wildman–Crippen LogP) is 1.02. The van der Waals surface area contributed by atoms with Crippen molar-refractivity contribution < 1.29 is 0 Å². The van der Waals surface area contributed by atoms with Gasteiger partial charge in [-0.05, 0) is 32.8 Å². The fourth-order valence-corrected chi connectivity index (χ4v) is 2.18. The zero-order valence-electron chi connectivity index (χ0n) is 9.40. The molecular formula is C11H18N4. The Hall–Kier alpha value is -1.16. The first-order chi connectivity index (χ1) is 7.20. The van der Waals surface area contributed by atoms with Crippen molar-refractivity contribution in [2.75, 3.05) is 18.0 Å². The van der Waals surface area contributed by atoms with E-state index in [1.54, 1.807) is 0 Å². The van der Waals surface area contributed by atoms with E-state index in [2.05, 4.69) is 14.9 Å². The lowest BCUT2D eigenvalue weighted by atomic mass is 10.2. The molecule has 4 heteroatoms. The van der Waals surface area contributed by atoms with Gasteiger partial charge in [-0.15, -0.1) is 0 Å². The number of aryl methyl sites for hydroxylation is 2. The summed E-state index contributed by atoms with van der Waals surface area (Å²) in [5, 5.41) is 0. The van der Waals surface area contributed by atoms with E-state index in [1.807, 2.05) is 19.9 Å². The number of hydrogen-bond acceptors (Lipinski definition) is 4. The van der Waals surface area contributed by atoms with E-state index in [1.165, 1.54) is 6.42 Å². The highest BCUT2D eigenvalue weighted by Gasteiger charge is 2.25. The molecule has 1 aliphatic heterocycles. The summed E-state index contributed by atoms with van der Waals surface area (Å²) in [7, 11) is 0. The van der Waals surface area contributed by atoms with E-state index in [0.29, 0.717) is 12.6 Å². The van der Waals surface area contributed by atoms with Crippen LogP contribution in [-0.2, 0) is 0 Å². The molecule has 0 bridgehead atoms. The first-order valence-electron chi connectivity index (χ1n) is 5.49. The molecule has 0 radical (unpaired) electrons. The third-order valence-electron chi connectivity index (χ3n) is 2.88. The molecular weight excluding hydrogens is 188 g/mol. The minimum absolute atomic E-state index is 0.422. The van der Waals surface area contributed by atoms with Crippen LogP contribution >= 0.6 is 0 Å². The maximum atomic E-state index is 5.74. The molecule has 1 aromatic rings. The molecule has 0 spiro atoms. The van der Waals surface area contributed by atoms with Gasteiger partial charge < -0.3 is 10.6 Å². The fourth-order valence-electron chi connectivity index (χ4n) is 2.18. The summed E-state index contributed by atoms with van der Waals surface area (Å²) in [4.78, 5) is 11.2. The quantitative estimate of drug-likeness (QED) is 0.785. The molecule has 15 heavy (non-hydrogen) atoms. The van der Waals surface area contributed by atoms with Crippen LogP contribution in [0.5, 0.6) is 0 Å². The van der Waals surface area contributed by atoms with Crippen molar-refractivity contribution in [3.63, 3.8) is 0 Å². The monoisotopic (exact) mass is 206 g/mol. The first-order valence-corrected chi connectivity index (χ1v) is 5.49. The lowest BCUT2D eigenvalue weighted by Gasteiger charge is -2.23. The number of hydrogen-bond donors (Lipinski definition) is 1. The minimum atomic E-state index is 0.422. The Morgan fingerprint density at radius 2 is 2.07 bits per heavy atom. The molecule has 2 rings (SSSR count). The van der Waals surface area contributed by atoms with Gasteiger partial charge in [0, 0.05) is 30.5 Å². The minimum Gasteiger partial charge on any atom is -0.337 e. The van der Waals surface area contributed by atoms with Crippen LogP contribution in [0.25, 0.3) is 0 Å². The Balaban J connectivity index is 2.28. The normalized spacial score (nSPS) is 21.0. The zero-order chi connectivity index (χ0) is 10.8. The molecule has 2 N–H and O–H groups in total. The molecule has 1 aliphatic rings. The van der Waals surface area contributed by atoms with E-state index < -0.39 is 0 Å². The molecule has 2 heterocycles. The molecule has 1 fully saturated rings. The third kappa shape index (κ3) is 2.09. The van der Waals surface area contributed by atoms with Gasteiger partial charge in [0.05, 0.1) is 0 Å². The largest absolute Gasteiger partial charge is 0.337 e. The van der Waals surface area contributed by atoms with E-state index in [4.69, 9.17) is 5.73 Å². The molecule has 0 unspecified atom stereocenters. The Morgan fingerprint density at radius 3 is 2.67 bits per heavy atom. The molecule has 1 atom stereocenters. The van der Waals surface area contributed by atoms with Gasteiger partial charge in [-0.25, -0.2) is 9.97 Å². The second kappa shape index (κ2) is 4.14. The average molecular weight is 206 g/mol. The van der Waals surface area contributed by atoms with Crippen LogP contribution in [0.15, 0.2) is 6.07 Å². The number of rotatable bonds is 2. The van der Waals surface area contributed by atoms with Crippen LogP contribution in [0.3, 0.4) is 0 Å². The molecule has 1 saturated heterocycles. The van der Waals surface area contributed by atoms with Crippen molar-refractivity contribution in [2.24, 2.45) is 5.73 Å². The maximum Gasteiger partial charge on any atom is 0.226 e. The van der Waals surface area contributed by atoms with Gasteiger partial charge >= 0.3 is 0 Å². The van der Waals surface area contributed by atoms with E-state index >= 15 is 0 Å². The molecule has 1 aromatic heterocycles. The van der Waals surface area contributed by atoms with Gasteiger partial charge in [-0.1, -0.05) is 0 Å². The van der Waals surface area contributed by atoms with E-state index in [-0.39, 0.29) is 0 Å². The van der Waals surface area contributed by atoms with Crippen molar-refractivity contribution in [3.05, 3.63) is 17.5 Å². The number of nitrogens with zero attached hydrogens (tertiary/aromatic N) is 3. The SMILES string of the molecule is Cc1cc(C)nc(N2CCC[C@H]2CN)n1. The summed E-state index contributed by atoms with van der Waals surface area (Å²) in [6, 6.07) is 2.42. The molecule has 0 aromatic carbocycles. The number of anilines is 1. The smallest absolute Gasteiger partial charge is 0.226 e. The predicted molar refractivity (Wildman–Crippen MR) is 60.9 cm³/mol. The highest BCUT2D eigenvalue weighted by molar-refractivity contribution is 5.35. The molecule has 82 valence electrons. The highest BCUT2D eigenvalue weighted by atomic mass is 15.3. The molecule has 0 saturated carbocycles. The fraction of sp³-hybridized carbons (Fsp3) is 0.636. The topological polar surface area (TPSA) is 55.0 Å². The van der Waals surface area contributed by atoms with E-state index in [9.17, 15) is 0 Å². The second-order valence-corrected chi connectivity index (χ2v) is 4.18. The Kier molecular flexibility index (Phi) is 2.86. The van der Waals surface area contributed by atoms with Gasteiger partial charge in [-0.3, -0.25) is 0 Å². The summed E-state index contributed by atoms with van der Waals surface area (Å²) in [6.07, 6.45) is 2.35. The van der Waals surface area contributed by atoms with Crippen LogP contribution in [-0.4, -0.2) is 29.1 Å². The molecule has 4 nitrogen and oxygen atoms in total. The van der Waals surface area contributed by atoms with Crippen LogP contribution < -0.4 is 10.6 Å². The second-order valence-electron chi connectivity index (χ2n) is 4.18. The van der Waals surface area contributed by atoms with Gasteiger partial charge in [0.25, 0.3) is 0 Å². The van der Waals surface area contributed by atoms with Crippen LogP contribution in [0.1, 0.15) is 24.2 Å². The first kappa shape index (κ1) is 10.4. The van der Waals surface area contributed by atoms with Gasteiger partial charge in [0.15, 0.2) is 0 Å². The maximum absolute atomic E-state index is 5.74. The van der Waals surface area contributed by atoms with Gasteiger partial charge in [0.2, 0.25) is 5.95 Å². The highest BCUT2D eigenvalue weighted by Crippen LogP contribution is 2.21. The molecule has 0 amide bonds. The standard InChI is InChI=1S/C11H18N4/c1-8-6-9(2)14-11(13-8)15-5-3-4-10(15)7-12/h6,10H,3-5,7,12H2,1-2H3/t10-/m0/s1. The van der Waals surface area contributed by atoms with Crippen LogP contribution in [0, 0.1) is 13.8 Å². The third-order valence-corrected chi connectivity index (χ3v) is 2.88. The molecule has 0 aliphatic carbocycles. The lowest BCUT2D eigenvalue weighted by Crippen LogP contribution is -2.36. The summed E-state index contributed by atoms with van der Waals surface area (Å²) >= 11 is 0. The Bertz CT molecular complexity index is 330. The van der Waals surface area contributed by atoms with Gasteiger partial charge in [-0.2, -0.15) is 0 Å². The summed E-state index contributed by atoms with van der Waals surface area (Å²) < 4.78 is 0. The summed E-state index contributed by atoms with van der Waals surface area (Å²) in [6.45, 7) is 5.73. The Morgan fingerprint density at radius 1 is 1.40 bits per heavy atom.